The van der Waals surface area contributed by atoms with Crippen molar-refractivity contribution in [2.45, 2.75) is 32.1 Å². The topological polar surface area (TPSA) is 118 Å². The lowest BCUT2D eigenvalue weighted by Gasteiger charge is -2.17. The normalized spacial score (nSPS) is 16.0. The van der Waals surface area contributed by atoms with E-state index in [-0.39, 0.29) is 11.8 Å². The summed E-state index contributed by atoms with van der Waals surface area (Å²) in [5.74, 6) is -2.42. The first-order chi connectivity index (χ1) is 7.93. The van der Waals surface area contributed by atoms with Gasteiger partial charge >= 0.3 is 11.9 Å². The van der Waals surface area contributed by atoms with Crippen LogP contribution in [0.2, 0.25) is 0 Å². The Labute approximate surface area is 99.1 Å². The highest BCUT2D eigenvalue weighted by Crippen LogP contribution is 2.22. The third kappa shape index (κ3) is 9.10. The first-order valence-electron chi connectivity index (χ1n) is 5.36. The van der Waals surface area contributed by atoms with E-state index in [0.29, 0.717) is 12.2 Å². The molecule has 1 aliphatic carbocycles. The van der Waals surface area contributed by atoms with Gasteiger partial charge in [0.15, 0.2) is 0 Å². The first-order valence-corrected chi connectivity index (χ1v) is 5.36. The highest BCUT2D eigenvalue weighted by molar-refractivity contribution is 5.89. The standard InChI is InChI=1S/C7H13NO.C4H4O4/c8-7(9)6-4-2-1-3-5-6;5-3(6)1-2-4(7)8/h6H,1-5H2,(H2,8,9);1-2H,(H,5,6)(H,7,8). The van der Waals surface area contributed by atoms with Crippen LogP contribution in [0.3, 0.4) is 0 Å². The molecule has 0 atom stereocenters. The summed E-state index contributed by atoms with van der Waals surface area (Å²) in [7, 11) is 0. The minimum absolute atomic E-state index is 0.102. The molecule has 0 aromatic rings. The molecule has 17 heavy (non-hydrogen) atoms. The Morgan fingerprint density at radius 1 is 0.941 bits per heavy atom. The molecule has 0 aliphatic heterocycles. The van der Waals surface area contributed by atoms with Crippen LogP contribution in [0.25, 0.3) is 0 Å². The fraction of sp³-hybridized carbons (Fsp3) is 0.545. The molecule has 0 bridgehead atoms. The van der Waals surface area contributed by atoms with E-state index in [1.165, 1.54) is 19.3 Å². The summed E-state index contributed by atoms with van der Waals surface area (Å²) >= 11 is 0. The number of nitrogens with two attached hydrogens (primary N) is 1. The number of carboxylic acids is 2. The minimum Gasteiger partial charge on any atom is -0.478 e. The molecule has 1 saturated carbocycles. The molecule has 0 saturated heterocycles. The highest BCUT2D eigenvalue weighted by atomic mass is 16.4. The van der Waals surface area contributed by atoms with Gasteiger partial charge in [0.05, 0.1) is 0 Å². The molecule has 1 aliphatic rings. The van der Waals surface area contributed by atoms with Gasteiger partial charge in [-0.2, -0.15) is 0 Å². The van der Waals surface area contributed by atoms with Gasteiger partial charge in [-0.1, -0.05) is 19.3 Å². The van der Waals surface area contributed by atoms with Gasteiger partial charge in [0, 0.05) is 18.1 Å². The highest BCUT2D eigenvalue weighted by Gasteiger charge is 2.17. The molecule has 0 radical (unpaired) electrons. The number of aliphatic carboxylic acids is 2. The lowest BCUT2D eigenvalue weighted by Crippen LogP contribution is -2.24. The van der Waals surface area contributed by atoms with Crippen molar-refractivity contribution in [3.63, 3.8) is 0 Å². The quantitative estimate of drug-likeness (QED) is 0.632. The zero-order valence-electron chi connectivity index (χ0n) is 9.46. The van der Waals surface area contributed by atoms with Crippen LogP contribution >= 0.6 is 0 Å². The largest absolute Gasteiger partial charge is 0.478 e. The fourth-order valence-electron chi connectivity index (χ4n) is 1.53. The lowest BCUT2D eigenvalue weighted by atomic mass is 9.89. The van der Waals surface area contributed by atoms with Gasteiger partial charge < -0.3 is 15.9 Å². The summed E-state index contributed by atoms with van der Waals surface area (Å²) in [5, 5.41) is 15.6. The van der Waals surface area contributed by atoms with E-state index >= 15 is 0 Å². The number of amides is 1. The summed E-state index contributed by atoms with van der Waals surface area (Å²) in [6.07, 6.45) is 6.82. The van der Waals surface area contributed by atoms with Crippen LogP contribution in [-0.2, 0) is 14.4 Å². The third-order valence-corrected chi connectivity index (χ3v) is 2.38. The number of carboxylic acid groups (broad SMARTS) is 2. The maximum absolute atomic E-state index is 10.6. The molecule has 0 unspecified atom stereocenters. The summed E-state index contributed by atoms with van der Waals surface area (Å²) in [6.45, 7) is 0. The van der Waals surface area contributed by atoms with E-state index in [1.54, 1.807) is 0 Å². The van der Waals surface area contributed by atoms with E-state index in [1.807, 2.05) is 0 Å². The molecule has 0 heterocycles. The minimum atomic E-state index is -1.26. The van der Waals surface area contributed by atoms with Crippen molar-refractivity contribution in [2.75, 3.05) is 0 Å². The molecule has 0 spiro atoms. The maximum Gasteiger partial charge on any atom is 0.328 e. The van der Waals surface area contributed by atoms with Crippen LogP contribution in [0.15, 0.2) is 12.2 Å². The molecule has 0 aromatic heterocycles. The molecule has 6 heteroatoms. The predicted octanol–water partition coefficient (Wildman–Crippen LogP) is 0.764. The van der Waals surface area contributed by atoms with E-state index in [9.17, 15) is 14.4 Å². The summed E-state index contributed by atoms with van der Waals surface area (Å²) in [4.78, 5) is 29.7. The predicted molar refractivity (Wildman–Crippen MR) is 60.2 cm³/mol. The van der Waals surface area contributed by atoms with Gasteiger partial charge in [-0.3, -0.25) is 4.79 Å². The second-order valence-corrected chi connectivity index (χ2v) is 3.75. The van der Waals surface area contributed by atoms with Crippen molar-refractivity contribution < 1.29 is 24.6 Å². The van der Waals surface area contributed by atoms with Gasteiger partial charge in [-0.05, 0) is 12.8 Å². The number of carbonyl (C=O) groups excluding carboxylic acids is 1. The van der Waals surface area contributed by atoms with Crippen LogP contribution in [0.5, 0.6) is 0 Å². The molecule has 4 N–H and O–H groups in total. The molecule has 1 fully saturated rings. The average Bonchev–Trinajstić information content (AvgIpc) is 2.28. The Morgan fingerprint density at radius 3 is 1.59 bits per heavy atom. The second kappa shape index (κ2) is 8.32. The monoisotopic (exact) mass is 243 g/mol. The fourth-order valence-corrected chi connectivity index (χ4v) is 1.53. The van der Waals surface area contributed by atoms with Crippen LogP contribution < -0.4 is 5.73 Å². The van der Waals surface area contributed by atoms with Gasteiger partial charge in [-0.15, -0.1) is 0 Å². The zero-order chi connectivity index (χ0) is 13.3. The molecular weight excluding hydrogens is 226 g/mol. The zero-order valence-corrected chi connectivity index (χ0v) is 9.46. The Balaban J connectivity index is 0.000000304. The van der Waals surface area contributed by atoms with Crippen LogP contribution in [0, 0.1) is 5.92 Å². The van der Waals surface area contributed by atoms with Crippen molar-refractivity contribution in [3.05, 3.63) is 12.2 Å². The third-order valence-electron chi connectivity index (χ3n) is 2.38. The Bertz CT molecular complexity index is 289. The van der Waals surface area contributed by atoms with E-state index in [4.69, 9.17) is 15.9 Å². The van der Waals surface area contributed by atoms with Crippen molar-refractivity contribution in [3.8, 4) is 0 Å². The average molecular weight is 243 g/mol. The first kappa shape index (κ1) is 15.2. The molecule has 0 aromatic carbocycles. The Kier molecular flexibility index (Phi) is 7.41. The van der Waals surface area contributed by atoms with Crippen molar-refractivity contribution in [1.82, 2.24) is 0 Å². The summed E-state index contributed by atoms with van der Waals surface area (Å²) in [5.41, 5.74) is 5.13. The summed E-state index contributed by atoms with van der Waals surface area (Å²) < 4.78 is 0. The van der Waals surface area contributed by atoms with Crippen molar-refractivity contribution in [2.24, 2.45) is 11.7 Å². The van der Waals surface area contributed by atoms with Gasteiger partial charge in [-0.25, -0.2) is 9.59 Å². The van der Waals surface area contributed by atoms with Crippen LogP contribution in [0.4, 0.5) is 0 Å². The number of hydrogen-bond donors (Lipinski definition) is 3. The van der Waals surface area contributed by atoms with Crippen LogP contribution in [-0.4, -0.2) is 28.1 Å². The molecule has 1 rings (SSSR count). The SMILES string of the molecule is NC(=O)C1CCCCC1.O=C(O)C=CC(=O)O. The van der Waals surface area contributed by atoms with Crippen molar-refractivity contribution >= 4 is 17.8 Å². The summed E-state index contributed by atoms with van der Waals surface area (Å²) in [6, 6.07) is 0. The van der Waals surface area contributed by atoms with E-state index in [0.717, 1.165) is 12.8 Å². The molecular formula is C11H17NO5. The smallest absolute Gasteiger partial charge is 0.328 e. The van der Waals surface area contributed by atoms with Crippen molar-refractivity contribution in [1.29, 1.82) is 0 Å². The molecule has 1 amide bonds. The second-order valence-electron chi connectivity index (χ2n) is 3.75. The van der Waals surface area contributed by atoms with Gasteiger partial charge in [0.25, 0.3) is 0 Å². The van der Waals surface area contributed by atoms with E-state index in [2.05, 4.69) is 0 Å². The van der Waals surface area contributed by atoms with Gasteiger partial charge in [0.1, 0.15) is 0 Å². The Morgan fingerprint density at radius 2 is 1.35 bits per heavy atom. The molecule has 96 valence electrons. The number of hydrogen-bond acceptors (Lipinski definition) is 3. The number of carbonyl (C=O) groups is 3. The van der Waals surface area contributed by atoms with Crippen LogP contribution in [0.1, 0.15) is 32.1 Å². The number of primary amides is 1. The molecule has 6 nitrogen and oxygen atoms in total. The maximum atomic E-state index is 10.6. The van der Waals surface area contributed by atoms with Gasteiger partial charge in [0.2, 0.25) is 5.91 Å². The Hall–Kier alpha value is -1.85. The lowest BCUT2D eigenvalue weighted by molar-refractivity contribution is -0.134. The number of rotatable bonds is 3. The van der Waals surface area contributed by atoms with E-state index < -0.39 is 11.9 Å².